The van der Waals surface area contributed by atoms with Gasteiger partial charge >= 0.3 is 0 Å². The van der Waals surface area contributed by atoms with Gasteiger partial charge in [-0.05, 0) is 24.9 Å². The number of nitrogens with one attached hydrogen (secondary N) is 1. The lowest BCUT2D eigenvalue weighted by Crippen LogP contribution is -2.30. The number of thioether (sulfide) groups is 2. The summed E-state index contributed by atoms with van der Waals surface area (Å²) in [5.41, 5.74) is 0. The van der Waals surface area contributed by atoms with Gasteiger partial charge in [-0.25, -0.2) is 0 Å². The Labute approximate surface area is 95.7 Å². The molecule has 0 bridgehead atoms. The molecule has 1 heterocycles. The van der Waals surface area contributed by atoms with Crippen molar-refractivity contribution >= 4 is 28.7 Å². The third-order valence-electron chi connectivity index (χ3n) is 2.07. The second-order valence-corrected chi connectivity index (χ2v) is 6.43. The van der Waals surface area contributed by atoms with Gasteiger partial charge < -0.3 is 5.32 Å². The maximum absolute atomic E-state index is 4.45. The van der Waals surface area contributed by atoms with Crippen LogP contribution in [0.5, 0.6) is 0 Å². The third kappa shape index (κ3) is 4.60. The Balaban J connectivity index is 2.11. The molecular weight excluding hydrogens is 212 g/mol. The van der Waals surface area contributed by atoms with Gasteiger partial charge in [0, 0.05) is 11.3 Å². The Kier molecular flexibility index (Phi) is 5.78. The number of hydrogen-bond donors (Lipinski definition) is 1. The Morgan fingerprint density at radius 3 is 3.07 bits per heavy atom. The van der Waals surface area contributed by atoms with Gasteiger partial charge in [-0.3, -0.25) is 4.99 Å². The minimum atomic E-state index is 0.561. The van der Waals surface area contributed by atoms with Crippen LogP contribution in [0.4, 0.5) is 0 Å². The van der Waals surface area contributed by atoms with Crippen molar-refractivity contribution in [2.24, 2.45) is 4.99 Å². The maximum atomic E-state index is 4.45. The van der Waals surface area contributed by atoms with Crippen molar-refractivity contribution in [1.82, 2.24) is 5.32 Å². The van der Waals surface area contributed by atoms with Crippen molar-refractivity contribution in [2.45, 2.75) is 38.5 Å². The zero-order valence-electron chi connectivity index (χ0n) is 9.25. The third-order valence-corrected chi connectivity index (χ3v) is 4.03. The van der Waals surface area contributed by atoms with Crippen LogP contribution in [-0.2, 0) is 0 Å². The molecule has 1 aliphatic heterocycles. The van der Waals surface area contributed by atoms with Crippen LogP contribution < -0.4 is 5.32 Å². The quantitative estimate of drug-likeness (QED) is 0.737. The summed E-state index contributed by atoms with van der Waals surface area (Å²) in [5.74, 6) is 2.47. The van der Waals surface area contributed by atoms with Crippen molar-refractivity contribution in [3.63, 3.8) is 0 Å². The molecule has 2 nitrogen and oxygen atoms in total. The van der Waals surface area contributed by atoms with Gasteiger partial charge in [0.2, 0.25) is 0 Å². The molecule has 1 N–H and O–H groups in total. The van der Waals surface area contributed by atoms with Crippen molar-refractivity contribution in [3.05, 3.63) is 0 Å². The second kappa shape index (κ2) is 6.62. The summed E-state index contributed by atoms with van der Waals surface area (Å²) in [6.07, 6.45) is 1.23. The Morgan fingerprint density at radius 2 is 2.50 bits per heavy atom. The topological polar surface area (TPSA) is 24.4 Å². The largest absolute Gasteiger partial charge is 0.362 e. The molecule has 0 aromatic heterocycles. The number of rotatable bonds is 5. The zero-order chi connectivity index (χ0) is 10.4. The molecule has 2 atom stereocenters. The average molecular weight is 232 g/mol. The molecule has 82 valence electrons. The summed E-state index contributed by atoms with van der Waals surface area (Å²) in [6, 6.07) is 0.561. The van der Waals surface area contributed by atoms with Crippen LogP contribution in [0.1, 0.15) is 27.2 Å². The van der Waals surface area contributed by atoms with E-state index in [4.69, 9.17) is 0 Å². The van der Waals surface area contributed by atoms with Gasteiger partial charge in [0.25, 0.3) is 0 Å². The Hall–Kier alpha value is 0.170. The second-order valence-electron chi connectivity index (χ2n) is 3.61. The predicted molar refractivity (Wildman–Crippen MR) is 69.6 cm³/mol. The van der Waals surface area contributed by atoms with E-state index in [2.05, 4.69) is 31.1 Å². The Bertz CT molecular complexity index is 195. The molecule has 0 aromatic rings. The highest BCUT2D eigenvalue weighted by atomic mass is 32.2. The van der Waals surface area contributed by atoms with E-state index in [1.807, 2.05) is 23.5 Å². The zero-order valence-corrected chi connectivity index (χ0v) is 10.9. The molecule has 0 amide bonds. The standard InChI is InChI=1S/C10H20N2S2/c1-4-13-6-5-8(2)12-10-11-7-9(3)14-10/h8-9H,4-7H2,1-3H3,(H,11,12). The number of aliphatic imine (C=N–C) groups is 1. The number of amidine groups is 1. The molecule has 0 fully saturated rings. The molecule has 0 spiro atoms. The van der Waals surface area contributed by atoms with Crippen LogP contribution in [0.15, 0.2) is 4.99 Å². The molecule has 4 heteroatoms. The first-order valence-corrected chi connectivity index (χ1v) is 7.31. The van der Waals surface area contributed by atoms with Crippen molar-refractivity contribution in [1.29, 1.82) is 0 Å². The number of nitrogens with zero attached hydrogens (tertiary/aromatic N) is 1. The summed E-state index contributed by atoms with van der Waals surface area (Å²) in [6.45, 7) is 7.65. The summed E-state index contributed by atoms with van der Waals surface area (Å²) >= 11 is 3.87. The average Bonchev–Trinajstić information content (AvgIpc) is 2.52. The first kappa shape index (κ1) is 12.2. The van der Waals surface area contributed by atoms with Gasteiger partial charge in [-0.15, -0.1) is 0 Å². The van der Waals surface area contributed by atoms with E-state index in [0.29, 0.717) is 11.3 Å². The first-order valence-electron chi connectivity index (χ1n) is 5.27. The fourth-order valence-electron chi connectivity index (χ4n) is 1.24. The SMILES string of the molecule is CCSCCC(C)NC1=NCC(C)S1. The predicted octanol–water partition coefficient (Wildman–Crippen LogP) is 2.60. The smallest absolute Gasteiger partial charge is 0.157 e. The van der Waals surface area contributed by atoms with Crippen molar-refractivity contribution in [3.8, 4) is 0 Å². The molecular formula is C10H20N2S2. The Morgan fingerprint density at radius 1 is 1.71 bits per heavy atom. The molecule has 0 aromatic carbocycles. The molecule has 1 rings (SSSR count). The monoisotopic (exact) mass is 232 g/mol. The van der Waals surface area contributed by atoms with E-state index in [9.17, 15) is 0 Å². The molecule has 14 heavy (non-hydrogen) atoms. The van der Waals surface area contributed by atoms with Gasteiger partial charge in [0.1, 0.15) is 0 Å². The highest BCUT2D eigenvalue weighted by Gasteiger charge is 2.15. The van der Waals surface area contributed by atoms with Gasteiger partial charge in [0.05, 0.1) is 6.54 Å². The summed E-state index contributed by atoms with van der Waals surface area (Å²) < 4.78 is 0. The normalized spacial score (nSPS) is 23.4. The summed E-state index contributed by atoms with van der Waals surface area (Å²) in [4.78, 5) is 4.45. The van der Waals surface area contributed by atoms with Gasteiger partial charge in [0.15, 0.2) is 5.17 Å². The van der Waals surface area contributed by atoms with Gasteiger partial charge in [-0.2, -0.15) is 11.8 Å². The highest BCUT2D eigenvalue weighted by molar-refractivity contribution is 8.14. The lowest BCUT2D eigenvalue weighted by molar-refractivity contribution is 0.651. The minimum Gasteiger partial charge on any atom is -0.362 e. The minimum absolute atomic E-state index is 0.561. The van der Waals surface area contributed by atoms with Crippen molar-refractivity contribution in [2.75, 3.05) is 18.1 Å². The highest BCUT2D eigenvalue weighted by Crippen LogP contribution is 2.19. The van der Waals surface area contributed by atoms with E-state index in [1.165, 1.54) is 17.9 Å². The van der Waals surface area contributed by atoms with E-state index >= 15 is 0 Å². The molecule has 0 saturated heterocycles. The fraction of sp³-hybridized carbons (Fsp3) is 0.900. The van der Waals surface area contributed by atoms with Crippen LogP contribution in [0.3, 0.4) is 0 Å². The summed E-state index contributed by atoms with van der Waals surface area (Å²) in [5, 5.41) is 5.27. The first-order chi connectivity index (χ1) is 6.72. The summed E-state index contributed by atoms with van der Waals surface area (Å²) in [7, 11) is 0. The van der Waals surface area contributed by atoms with E-state index in [-0.39, 0.29) is 0 Å². The van der Waals surface area contributed by atoms with Crippen LogP contribution in [0.2, 0.25) is 0 Å². The van der Waals surface area contributed by atoms with E-state index < -0.39 is 0 Å². The lowest BCUT2D eigenvalue weighted by Gasteiger charge is -2.14. The van der Waals surface area contributed by atoms with Crippen LogP contribution in [0, 0.1) is 0 Å². The molecule has 1 aliphatic rings. The van der Waals surface area contributed by atoms with E-state index in [1.54, 1.807) is 0 Å². The maximum Gasteiger partial charge on any atom is 0.157 e. The number of hydrogen-bond acceptors (Lipinski definition) is 4. The van der Waals surface area contributed by atoms with Crippen LogP contribution >= 0.6 is 23.5 Å². The fourth-order valence-corrected chi connectivity index (χ4v) is 3.00. The van der Waals surface area contributed by atoms with Crippen LogP contribution in [-0.4, -0.2) is 34.5 Å². The van der Waals surface area contributed by atoms with E-state index in [0.717, 1.165) is 11.7 Å². The lowest BCUT2D eigenvalue weighted by atomic mass is 10.3. The molecule has 0 radical (unpaired) electrons. The molecule has 2 unspecified atom stereocenters. The van der Waals surface area contributed by atoms with Crippen molar-refractivity contribution < 1.29 is 0 Å². The molecule has 0 aliphatic carbocycles. The molecule has 0 saturated carbocycles. The van der Waals surface area contributed by atoms with Crippen LogP contribution in [0.25, 0.3) is 0 Å². The van der Waals surface area contributed by atoms with Gasteiger partial charge in [-0.1, -0.05) is 25.6 Å².